The van der Waals surface area contributed by atoms with E-state index in [1.54, 1.807) is 19.9 Å². The average molecular weight is 643 g/mol. The maximum absolute atomic E-state index is 13.7. The second-order valence-corrected chi connectivity index (χ2v) is 18.7. The van der Waals surface area contributed by atoms with Crippen molar-refractivity contribution in [2.24, 2.45) is 5.92 Å². The summed E-state index contributed by atoms with van der Waals surface area (Å²) < 4.78 is 29.1. The molecule has 1 heterocycles. The van der Waals surface area contributed by atoms with Crippen molar-refractivity contribution < 1.29 is 42.9 Å². The van der Waals surface area contributed by atoms with Crippen molar-refractivity contribution in [3.05, 3.63) is 12.2 Å². The third kappa shape index (κ3) is 12.9. The van der Waals surface area contributed by atoms with Crippen molar-refractivity contribution in [2.75, 3.05) is 20.3 Å². The van der Waals surface area contributed by atoms with Crippen LogP contribution in [0, 0.1) is 5.92 Å². The summed E-state index contributed by atoms with van der Waals surface area (Å²) in [6, 6.07) is 0. The van der Waals surface area contributed by atoms with E-state index >= 15 is 0 Å². The topological polar surface area (TPSA) is 118 Å². The summed E-state index contributed by atoms with van der Waals surface area (Å²) in [4.78, 5) is 39.1. The number of ether oxygens (including phenoxy) is 4. The molecule has 1 fully saturated rings. The van der Waals surface area contributed by atoms with Gasteiger partial charge >= 0.3 is 17.9 Å². The molecule has 1 rings (SSSR count). The summed E-state index contributed by atoms with van der Waals surface area (Å²) in [6.07, 6.45) is 14.6. The highest BCUT2D eigenvalue weighted by atomic mass is 28.4. The van der Waals surface area contributed by atoms with Crippen LogP contribution < -0.4 is 0 Å². The number of carbonyl (C=O) groups is 3. The lowest BCUT2D eigenvalue weighted by atomic mass is 9.83. The molecule has 0 aromatic rings. The fourth-order valence-electron chi connectivity index (χ4n) is 5.25. The second-order valence-electron chi connectivity index (χ2n) is 13.9. The Balaban J connectivity index is 2.95. The molecule has 0 radical (unpaired) electrons. The SMILES string of the molecule is CCCCCCCC1(CCCCCC/C=C/[C@@H](C(=O)O)[C@@](CC(=O)OC)(O[Si](C)(C)C(C)(C)C)C(=O)OC(C)C)OCCO1. The molecule has 256 valence electrons. The maximum atomic E-state index is 13.7. The first-order chi connectivity index (χ1) is 20.6. The van der Waals surface area contributed by atoms with Crippen LogP contribution in [0.2, 0.25) is 18.1 Å². The number of allylic oxidation sites excluding steroid dienone is 1. The van der Waals surface area contributed by atoms with Gasteiger partial charge in [0.15, 0.2) is 19.7 Å². The molecule has 1 N–H and O–H groups in total. The van der Waals surface area contributed by atoms with E-state index in [4.69, 9.17) is 23.4 Å². The minimum atomic E-state index is -2.77. The van der Waals surface area contributed by atoms with Crippen LogP contribution in [-0.4, -0.2) is 69.1 Å². The fraction of sp³-hybridized carbons (Fsp3) is 0.853. The van der Waals surface area contributed by atoms with Crippen LogP contribution in [0.3, 0.4) is 0 Å². The molecule has 1 aliphatic heterocycles. The number of carboxylic acids is 1. The predicted octanol–water partition coefficient (Wildman–Crippen LogP) is 7.96. The largest absolute Gasteiger partial charge is 0.481 e. The summed E-state index contributed by atoms with van der Waals surface area (Å²) in [5, 5.41) is 10.0. The van der Waals surface area contributed by atoms with E-state index in [0.29, 0.717) is 19.6 Å². The van der Waals surface area contributed by atoms with Crippen LogP contribution in [0.5, 0.6) is 0 Å². The van der Waals surface area contributed by atoms with Gasteiger partial charge in [0, 0.05) is 12.8 Å². The Bertz CT molecular complexity index is 903. The van der Waals surface area contributed by atoms with Crippen LogP contribution in [0.15, 0.2) is 12.2 Å². The van der Waals surface area contributed by atoms with Crippen LogP contribution in [0.4, 0.5) is 0 Å². The van der Waals surface area contributed by atoms with Crippen LogP contribution in [0.1, 0.15) is 125 Å². The van der Waals surface area contributed by atoms with E-state index in [2.05, 4.69) is 6.92 Å². The quantitative estimate of drug-likeness (QED) is 0.0543. The highest BCUT2D eigenvalue weighted by molar-refractivity contribution is 6.74. The number of methoxy groups -OCH3 is 1. The molecule has 0 unspecified atom stereocenters. The van der Waals surface area contributed by atoms with Gasteiger partial charge in [-0.05, 0) is 57.7 Å². The zero-order chi connectivity index (χ0) is 33.4. The summed E-state index contributed by atoms with van der Waals surface area (Å²) in [6.45, 7) is 16.7. The van der Waals surface area contributed by atoms with Crippen molar-refractivity contribution in [3.8, 4) is 0 Å². The first kappa shape index (κ1) is 40.3. The second kappa shape index (κ2) is 19.0. The van der Waals surface area contributed by atoms with Gasteiger partial charge in [0.1, 0.15) is 5.92 Å². The Morgan fingerprint density at radius 3 is 1.95 bits per heavy atom. The molecule has 44 heavy (non-hydrogen) atoms. The van der Waals surface area contributed by atoms with Gasteiger partial charge in [0.2, 0.25) is 0 Å². The first-order valence-electron chi connectivity index (χ1n) is 16.7. The Morgan fingerprint density at radius 1 is 0.932 bits per heavy atom. The van der Waals surface area contributed by atoms with E-state index in [1.807, 2.05) is 33.9 Å². The van der Waals surface area contributed by atoms with E-state index in [1.165, 1.54) is 38.9 Å². The van der Waals surface area contributed by atoms with E-state index in [0.717, 1.165) is 44.9 Å². The van der Waals surface area contributed by atoms with Gasteiger partial charge < -0.3 is 28.5 Å². The van der Waals surface area contributed by atoms with Gasteiger partial charge in [-0.25, -0.2) is 4.79 Å². The molecule has 0 aromatic carbocycles. The lowest BCUT2D eigenvalue weighted by molar-refractivity contribution is -0.182. The molecular weight excluding hydrogens is 580 g/mol. The molecule has 1 aliphatic rings. The third-order valence-corrected chi connectivity index (χ3v) is 13.3. The number of esters is 2. The highest BCUT2D eigenvalue weighted by Crippen LogP contribution is 2.43. The van der Waals surface area contributed by atoms with E-state index in [9.17, 15) is 19.5 Å². The smallest absolute Gasteiger partial charge is 0.339 e. The molecule has 0 amide bonds. The van der Waals surface area contributed by atoms with E-state index < -0.39 is 56.1 Å². The molecule has 0 bridgehead atoms. The Labute approximate surface area is 267 Å². The predicted molar refractivity (Wildman–Crippen MR) is 175 cm³/mol. The number of unbranched alkanes of at least 4 members (excludes halogenated alkanes) is 8. The van der Waals surface area contributed by atoms with Crippen molar-refractivity contribution in [1.29, 1.82) is 0 Å². The van der Waals surface area contributed by atoms with Crippen LogP contribution >= 0.6 is 0 Å². The lowest BCUT2D eigenvalue weighted by Crippen LogP contribution is -2.60. The summed E-state index contributed by atoms with van der Waals surface area (Å²) in [7, 11) is -1.56. The number of hydrogen-bond donors (Lipinski definition) is 1. The zero-order valence-electron chi connectivity index (χ0n) is 29.1. The Kier molecular flexibility index (Phi) is 17.4. The van der Waals surface area contributed by atoms with Gasteiger partial charge in [-0.15, -0.1) is 0 Å². The molecule has 2 atom stereocenters. The third-order valence-electron chi connectivity index (χ3n) is 8.82. The van der Waals surface area contributed by atoms with Crippen LogP contribution in [-0.2, 0) is 37.8 Å². The van der Waals surface area contributed by atoms with Gasteiger partial charge in [0.25, 0.3) is 0 Å². The van der Waals surface area contributed by atoms with Gasteiger partial charge in [-0.1, -0.05) is 78.4 Å². The number of aliphatic carboxylic acids is 1. The zero-order valence-corrected chi connectivity index (χ0v) is 30.1. The number of rotatable bonds is 22. The molecule has 1 saturated heterocycles. The van der Waals surface area contributed by atoms with E-state index in [-0.39, 0.29) is 5.04 Å². The van der Waals surface area contributed by atoms with Crippen molar-refractivity contribution in [2.45, 2.75) is 161 Å². The molecule has 10 heteroatoms. The highest BCUT2D eigenvalue weighted by Gasteiger charge is 2.57. The Hall–Kier alpha value is -1.75. The monoisotopic (exact) mass is 642 g/mol. The standard InChI is InChI=1S/C34H62O9Si/c1-10-11-12-16-19-22-33(40-24-25-41-33)23-20-17-14-13-15-18-21-28(30(36)37)34(26-29(35)39-7,31(38)42-27(2)3)43-44(8,9)32(4,5)6/h18,21,27-28H,10-17,19-20,22-26H2,1-9H3,(H,36,37)/b21-18+/t28-,34+/m0/s1. The average Bonchev–Trinajstić information content (AvgIpc) is 3.39. The minimum Gasteiger partial charge on any atom is -0.481 e. The maximum Gasteiger partial charge on any atom is 0.339 e. The van der Waals surface area contributed by atoms with Crippen molar-refractivity contribution >= 4 is 26.2 Å². The van der Waals surface area contributed by atoms with Gasteiger partial charge in [0.05, 0.1) is 32.8 Å². The summed E-state index contributed by atoms with van der Waals surface area (Å²) >= 11 is 0. The van der Waals surface area contributed by atoms with Gasteiger partial charge in [-0.2, -0.15) is 0 Å². The molecule has 0 spiro atoms. The normalized spacial score (nSPS) is 17.5. The van der Waals surface area contributed by atoms with Crippen molar-refractivity contribution in [1.82, 2.24) is 0 Å². The number of carboxylic acid groups (broad SMARTS) is 1. The minimum absolute atomic E-state index is 0.360. The van der Waals surface area contributed by atoms with Gasteiger partial charge in [-0.3, -0.25) is 9.59 Å². The lowest BCUT2D eigenvalue weighted by Gasteiger charge is -2.45. The summed E-state index contributed by atoms with van der Waals surface area (Å²) in [5.41, 5.74) is -2.06. The molecular formula is C34H62O9Si. The molecule has 0 aliphatic carbocycles. The van der Waals surface area contributed by atoms with Crippen LogP contribution in [0.25, 0.3) is 0 Å². The Morgan fingerprint density at radius 2 is 1.48 bits per heavy atom. The number of carbonyl (C=O) groups excluding carboxylic acids is 2. The molecule has 9 nitrogen and oxygen atoms in total. The van der Waals surface area contributed by atoms with Crippen molar-refractivity contribution in [3.63, 3.8) is 0 Å². The fourth-order valence-corrected chi connectivity index (χ4v) is 6.75. The first-order valence-corrected chi connectivity index (χ1v) is 19.6. The number of hydrogen-bond acceptors (Lipinski definition) is 8. The molecule has 0 aromatic heterocycles. The molecule has 0 saturated carbocycles. The summed E-state index contributed by atoms with van der Waals surface area (Å²) in [5.74, 6) is -4.73.